The molecule has 0 saturated carbocycles. The summed E-state index contributed by atoms with van der Waals surface area (Å²) in [7, 11) is -1.50. The molecule has 0 aliphatic heterocycles. The lowest BCUT2D eigenvalue weighted by molar-refractivity contribution is -0.137. The molecule has 0 N–H and O–H groups in total. The molecular weight excluding hydrogens is 168 g/mol. The van der Waals surface area contributed by atoms with E-state index in [9.17, 15) is 4.79 Å². The fourth-order valence-corrected chi connectivity index (χ4v) is 2.62. The monoisotopic (exact) mass is 186 g/mol. The zero-order valence-electron chi connectivity index (χ0n) is 8.60. The molecule has 0 radical (unpaired) electrons. The second-order valence-corrected chi connectivity index (χ2v) is 8.71. The molecule has 12 heavy (non-hydrogen) atoms. The van der Waals surface area contributed by atoms with Crippen LogP contribution in [-0.4, -0.2) is 20.7 Å². The van der Waals surface area contributed by atoms with Crippen molar-refractivity contribution in [1.82, 2.24) is 0 Å². The maximum Gasteiger partial charge on any atom is 0.329 e. The van der Waals surface area contributed by atoms with Crippen LogP contribution in [0.2, 0.25) is 19.6 Å². The van der Waals surface area contributed by atoms with Gasteiger partial charge in [-0.3, -0.25) is 0 Å². The highest BCUT2D eigenvalue weighted by molar-refractivity contribution is 6.86. The van der Waals surface area contributed by atoms with Gasteiger partial charge < -0.3 is 4.74 Å². The third-order valence-corrected chi connectivity index (χ3v) is 3.70. The number of hydrogen-bond donors (Lipinski definition) is 0. The minimum Gasteiger partial charge on any atom is -0.463 e. The molecule has 0 aromatic rings. The van der Waals surface area contributed by atoms with Crippen molar-refractivity contribution in [2.75, 3.05) is 6.61 Å². The van der Waals surface area contributed by atoms with Crippen molar-refractivity contribution in [2.24, 2.45) is 0 Å². The largest absolute Gasteiger partial charge is 0.463 e. The summed E-state index contributed by atoms with van der Waals surface area (Å²) in [5, 5.41) is 0.879. The van der Waals surface area contributed by atoms with Gasteiger partial charge >= 0.3 is 5.97 Å². The van der Waals surface area contributed by atoms with Crippen LogP contribution in [0.5, 0.6) is 0 Å². The fraction of sp³-hybridized carbons (Fsp3) is 0.667. The van der Waals surface area contributed by atoms with Crippen LogP contribution in [0.3, 0.4) is 0 Å². The van der Waals surface area contributed by atoms with Crippen molar-refractivity contribution < 1.29 is 9.53 Å². The zero-order chi connectivity index (χ0) is 9.78. The second kappa shape index (κ2) is 4.45. The number of rotatable bonds is 3. The number of esters is 1. The Labute approximate surface area is 75.6 Å². The lowest BCUT2D eigenvalue weighted by Gasteiger charge is -2.18. The first-order valence-corrected chi connectivity index (χ1v) is 7.77. The van der Waals surface area contributed by atoms with Crippen LogP contribution in [0.4, 0.5) is 0 Å². The molecule has 2 nitrogen and oxygen atoms in total. The van der Waals surface area contributed by atoms with Crippen molar-refractivity contribution in [1.29, 1.82) is 0 Å². The summed E-state index contributed by atoms with van der Waals surface area (Å²) in [6.07, 6.45) is 1.88. The number of hydrogen-bond acceptors (Lipinski definition) is 2. The van der Waals surface area contributed by atoms with Gasteiger partial charge in [-0.2, -0.15) is 0 Å². The van der Waals surface area contributed by atoms with E-state index in [1.807, 2.05) is 19.9 Å². The van der Waals surface area contributed by atoms with Crippen molar-refractivity contribution in [2.45, 2.75) is 33.5 Å². The summed E-state index contributed by atoms with van der Waals surface area (Å²) in [5.74, 6) is -0.140. The highest BCUT2D eigenvalue weighted by Gasteiger charge is 2.25. The first-order valence-electron chi connectivity index (χ1n) is 4.27. The van der Waals surface area contributed by atoms with Crippen molar-refractivity contribution >= 4 is 14.0 Å². The van der Waals surface area contributed by atoms with Gasteiger partial charge in [0.15, 0.2) is 0 Å². The van der Waals surface area contributed by atoms with Crippen LogP contribution < -0.4 is 0 Å². The third kappa shape index (κ3) is 3.22. The smallest absolute Gasteiger partial charge is 0.329 e. The molecule has 0 fully saturated rings. The predicted octanol–water partition coefficient (Wildman–Crippen LogP) is 2.37. The van der Waals surface area contributed by atoms with Crippen LogP contribution in [0.25, 0.3) is 0 Å². The number of ether oxygens (including phenoxy) is 1. The first kappa shape index (κ1) is 11.4. The predicted molar refractivity (Wildman–Crippen MR) is 53.7 cm³/mol. The van der Waals surface area contributed by atoms with Crippen LogP contribution >= 0.6 is 0 Å². The Morgan fingerprint density at radius 1 is 1.42 bits per heavy atom. The molecule has 0 aliphatic rings. The molecule has 0 bridgehead atoms. The summed E-state index contributed by atoms with van der Waals surface area (Å²) in [5.41, 5.74) is 0. The van der Waals surface area contributed by atoms with E-state index in [2.05, 4.69) is 19.6 Å². The minimum atomic E-state index is -1.50. The van der Waals surface area contributed by atoms with E-state index in [-0.39, 0.29) is 5.97 Å². The summed E-state index contributed by atoms with van der Waals surface area (Å²) in [4.78, 5) is 11.4. The average Bonchev–Trinajstić information content (AvgIpc) is 1.85. The molecule has 0 rings (SSSR count). The Morgan fingerprint density at radius 2 is 1.92 bits per heavy atom. The molecule has 0 aliphatic carbocycles. The van der Waals surface area contributed by atoms with Gasteiger partial charge in [0.1, 0.15) is 0 Å². The molecule has 0 atom stereocenters. The molecule has 0 unspecified atom stereocenters. The van der Waals surface area contributed by atoms with Gasteiger partial charge in [-0.1, -0.05) is 25.7 Å². The van der Waals surface area contributed by atoms with Crippen LogP contribution in [-0.2, 0) is 9.53 Å². The third-order valence-electron chi connectivity index (χ3n) is 1.59. The van der Waals surface area contributed by atoms with Gasteiger partial charge in [0.05, 0.1) is 14.7 Å². The maximum atomic E-state index is 11.4. The van der Waals surface area contributed by atoms with E-state index >= 15 is 0 Å². The van der Waals surface area contributed by atoms with Crippen LogP contribution in [0.15, 0.2) is 11.3 Å². The second-order valence-electron chi connectivity index (χ2n) is 3.67. The summed E-state index contributed by atoms with van der Waals surface area (Å²) >= 11 is 0. The highest BCUT2D eigenvalue weighted by atomic mass is 28.3. The van der Waals surface area contributed by atoms with Crippen molar-refractivity contribution in [3.8, 4) is 0 Å². The standard InChI is InChI=1S/C9H18O2Si/c1-6-8(12(3,4)5)9(10)11-7-2/h6H,7H2,1-5H3/b8-6+. The van der Waals surface area contributed by atoms with Crippen molar-refractivity contribution in [3.05, 3.63) is 11.3 Å². The van der Waals surface area contributed by atoms with Crippen LogP contribution in [0, 0.1) is 0 Å². The van der Waals surface area contributed by atoms with Crippen LogP contribution in [0.1, 0.15) is 13.8 Å². The molecule has 3 heteroatoms. The Balaban J connectivity index is 4.49. The summed E-state index contributed by atoms with van der Waals surface area (Å²) in [6, 6.07) is 0. The lowest BCUT2D eigenvalue weighted by Crippen LogP contribution is -2.30. The quantitative estimate of drug-likeness (QED) is 0.384. The zero-order valence-corrected chi connectivity index (χ0v) is 9.60. The lowest BCUT2D eigenvalue weighted by atomic mass is 10.5. The first-order chi connectivity index (χ1) is 5.43. The Morgan fingerprint density at radius 3 is 2.17 bits per heavy atom. The summed E-state index contributed by atoms with van der Waals surface area (Å²) in [6.45, 7) is 10.6. The van der Waals surface area contributed by atoms with Gasteiger partial charge in [0.25, 0.3) is 0 Å². The van der Waals surface area contributed by atoms with Gasteiger partial charge in [0, 0.05) is 5.20 Å². The number of carbonyl (C=O) groups is 1. The van der Waals surface area contributed by atoms with E-state index < -0.39 is 8.07 Å². The molecule has 0 heterocycles. The molecule has 70 valence electrons. The Hall–Kier alpha value is -0.573. The normalized spacial score (nSPS) is 12.9. The summed E-state index contributed by atoms with van der Waals surface area (Å²) < 4.78 is 4.95. The number of carbonyl (C=O) groups excluding carboxylic acids is 1. The van der Waals surface area contributed by atoms with Gasteiger partial charge in [-0.15, -0.1) is 0 Å². The van der Waals surface area contributed by atoms with E-state index in [0.29, 0.717) is 6.61 Å². The molecular formula is C9H18O2Si. The Bertz CT molecular complexity index is 189. The SMILES string of the molecule is C/C=C(\C(=O)OCC)[Si](C)(C)C. The molecule has 0 aromatic heterocycles. The highest BCUT2D eigenvalue weighted by Crippen LogP contribution is 2.15. The van der Waals surface area contributed by atoms with E-state index in [1.54, 1.807) is 0 Å². The molecule has 0 saturated heterocycles. The average molecular weight is 186 g/mol. The maximum absolute atomic E-state index is 11.4. The van der Waals surface area contributed by atoms with Gasteiger partial charge in [-0.25, -0.2) is 4.79 Å². The van der Waals surface area contributed by atoms with Gasteiger partial charge in [-0.05, 0) is 13.8 Å². The Kier molecular flexibility index (Phi) is 4.24. The van der Waals surface area contributed by atoms with E-state index in [4.69, 9.17) is 4.74 Å². The van der Waals surface area contributed by atoms with E-state index in [1.165, 1.54) is 0 Å². The molecule has 0 amide bonds. The fourth-order valence-electron chi connectivity index (χ4n) is 1.07. The topological polar surface area (TPSA) is 26.3 Å². The minimum absolute atomic E-state index is 0.140. The van der Waals surface area contributed by atoms with Gasteiger partial charge in [0.2, 0.25) is 0 Å². The molecule has 0 aromatic carbocycles. The van der Waals surface area contributed by atoms with E-state index in [0.717, 1.165) is 5.20 Å². The van der Waals surface area contributed by atoms with Crippen molar-refractivity contribution in [3.63, 3.8) is 0 Å². The number of allylic oxidation sites excluding steroid dienone is 1. The molecule has 0 spiro atoms.